The van der Waals surface area contributed by atoms with E-state index in [0.717, 1.165) is 19.6 Å². The molecule has 0 radical (unpaired) electrons. The lowest BCUT2D eigenvalue weighted by Gasteiger charge is -2.24. The summed E-state index contributed by atoms with van der Waals surface area (Å²) in [6.45, 7) is 2.81. The number of hydrogen-bond acceptors (Lipinski definition) is 2. The molecule has 4 heteroatoms. The minimum Gasteiger partial charge on any atom is -0.313 e. The van der Waals surface area contributed by atoms with Crippen LogP contribution in [-0.4, -0.2) is 27.5 Å². The van der Waals surface area contributed by atoms with Crippen LogP contribution >= 0.6 is 0 Å². The second-order valence-electron chi connectivity index (χ2n) is 5.06. The molecule has 1 fully saturated rings. The number of nitrogens with zero attached hydrogens (tertiary/aromatic N) is 2. The van der Waals surface area contributed by atoms with Gasteiger partial charge in [-0.25, -0.2) is 4.79 Å². The maximum absolute atomic E-state index is 11.5. The van der Waals surface area contributed by atoms with Gasteiger partial charge in [0.2, 0.25) is 0 Å². The molecule has 1 aliphatic rings. The summed E-state index contributed by atoms with van der Waals surface area (Å²) >= 11 is 0. The van der Waals surface area contributed by atoms with E-state index in [-0.39, 0.29) is 5.69 Å². The molecule has 1 aromatic heterocycles. The third-order valence-corrected chi connectivity index (χ3v) is 3.90. The van der Waals surface area contributed by atoms with Crippen molar-refractivity contribution in [1.29, 1.82) is 0 Å². The molecule has 0 spiro atoms. The summed E-state index contributed by atoms with van der Waals surface area (Å²) in [4.78, 5) is 16.6. The molecule has 1 N–H and O–H groups in total. The first-order chi connectivity index (χ1) is 9.34. The second-order valence-corrected chi connectivity index (χ2v) is 5.06. The van der Waals surface area contributed by atoms with Crippen molar-refractivity contribution in [1.82, 2.24) is 14.5 Å². The van der Waals surface area contributed by atoms with Crippen LogP contribution in [0.15, 0.2) is 47.5 Å². The summed E-state index contributed by atoms with van der Waals surface area (Å²) in [5, 5.41) is 0. The Morgan fingerprint density at radius 3 is 2.79 bits per heavy atom. The predicted molar refractivity (Wildman–Crippen MR) is 75.0 cm³/mol. The van der Waals surface area contributed by atoms with Gasteiger partial charge in [0.05, 0.1) is 0 Å². The van der Waals surface area contributed by atoms with E-state index in [9.17, 15) is 4.79 Å². The molecule has 1 saturated heterocycles. The normalized spacial score (nSPS) is 19.9. The van der Waals surface area contributed by atoms with Crippen molar-refractivity contribution in [2.24, 2.45) is 0 Å². The fourth-order valence-electron chi connectivity index (χ4n) is 2.91. The van der Waals surface area contributed by atoms with Crippen molar-refractivity contribution in [2.45, 2.75) is 25.4 Å². The van der Waals surface area contributed by atoms with E-state index in [0.29, 0.717) is 6.04 Å². The summed E-state index contributed by atoms with van der Waals surface area (Å²) in [5.74, 6) is 0. The summed E-state index contributed by atoms with van der Waals surface area (Å²) in [6.07, 6.45) is 5.96. The fraction of sp³-hybridized carbons (Fsp3) is 0.400. The Morgan fingerprint density at radius 2 is 2.05 bits per heavy atom. The number of likely N-dealkylation sites (tertiary alicyclic amines) is 1. The highest BCUT2D eigenvalue weighted by atomic mass is 16.1. The van der Waals surface area contributed by atoms with Crippen LogP contribution in [0, 0.1) is 0 Å². The van der Waals surface area contributed by atoms with Crippen molar-refractivity contribution in [3.8, 4) is 0 Å². The van der Waals surface area contributed by atoms with Gasteiger partial charge in [-0.2, -0.15) is 0 Å². The number of benzene rings is 1. The van der Waals surface area contributed by atoms with Crippen molar-refractivity contribution >= 4 is 0 Å². The molecule has 1 atom stereocenters. The fourth-order valence-corrected chi connectivity index (χ4v) is 2.91. The van der Waals surface area contributed by atoms with Crippen LogP contribution < -0.4 is 5.69 Å². The van der Waals surface area contributed by atoms with Gasteiger partial charge in [-0.1, -0.05) is 30.3 Å². The molecule has 1 aromatic carbocycles. The van der Waals surface area contributed by atoms with Crippen molar-refractivity contribution in [3.05, 3.63) is 58.8 Å². The van der Waals surface area contributed by atoms with Gasteiger partial charge in [0.25, 0.3) is 0 Å². The summed E-state index contributed by atoms with van der Waals surface area (Å²) in [7, 11) is 0. The first-order valence-electron chi connectivity index (χ1n) is 6.87. The highest BCUT2D eigenvalue weighted by Gasteiger charge is 2.25. The minimum absolute atomic E-state index is 0.0181. The van der Waals surface area contributed by atoms with E-state index in [1.165, 1.54) is 18.4 Å². The van der Waals surface area contributed by atoms with Crippen LogP contribution in [-0.2, 0) is 6.54 Å². The highest BCUT2D eigenvalue weighted by molar-refractivity contribution is 5.19. The van der Waals surface area contributed by atoms with Crippen LogP contribution in [0.2, 0.25) is 0 Å². The van der Waals surface area contributed by atoms with E-state index in [1.54, 1.807) is 10.8 Å². The van der Waals surface area contributed by atoms with Crippen LogP contribution in [0.1, 0.15) is 24.4 Å². The molecule has 0 aliphatic carbocycles. The Bertz CT molecular complexity index is 572. The SMILES string of the molecule is O=c1[nH]ccn1CCN1CCC[C@H]1c1ccccc1. The van der Waals surface area contributed by atoms with Crippen molar-refractivity contribution in [3.63, 3.8) is 0 Å². The molecule has 0 saturated carbocycles. The number of imidazole rings is 1. The smallest absolute Gasteiger partial charge is 0.313 e. The van der Waals surface area contributed by atoms with Gasteiger partial charge < -0.3 is 4.98 Å². The number of rotatable bonds is 4. The summed E-state index contributed by atoms with van der Waals surface area (Å²) in [5.41, 5.74) is 1.37. The Balaban J connectivity index is 1.67. The van der Waals surface area contributed by atoms with Crippen LogP contribution in [0.25, 0.3) is 0 Å². The highest BCUT2D eigenvalue weighted by Crippen LogP contribution is 2.31. The minimum atomic E-state index is -0.0181. The zero-order valence-electron chi connectivity index (χ0n) is 11.0. The average molecular weight is 257 g/mol. The van der Waals surface area contributed by atoms with Gasteiger partial charge in [-0.3, -0.25) is 9.47 Å². The van der Waals surface area contributed by atoms with E-state index in [1.807, 2.05) is 6.20 Å². The number of aromatic nitrogens is 2. The van der Waals surface area contributed by atoms with Gasteiger partial charge in [-0.05, 0) is 24.9 Å². The van der Waals surface area contributed by atoms with Gasteiger partial charge in [0.15, 0.2) is 0 Å². The van der Waals surface area contributed by atoms with Crippen LogP contribution in [0.3, 0.4) is 0 Å². The largest absolute Gasteiger partial charge is 0.325 e. The molecule has 0 unspecified atom stereocenters. The Labute approximate surface area is 112 Å². The van der Waals surface area contributed by atoms with Crippen LogP contribution in [0.4, 0.5) is 0 Å². The molecule has 2 aromatic rings. The Kier molecular flexibility index (Phi) is 3.51. The lowest BCUT2D eigenvalue weighted by Crippen LogP contribution is -2.29. The molecule has 100 valence electrons. The van der Waals surface area contributed by atoms with E-state index >= 15 is 0 Å². The monoisotopic (exact) mass is 257 g/mol. The summed E-state index contributed by atoms with van der Waals surface area (Å²) in [6, 6.07) is 11.2. The molecule has 2 heterocycles. The van der Waals surface area contributed by atoms with E-state index in [2.05, 4.69) is 40.2 Å². The quantitative estimate of drug-likeness (QED) is 0.910. The van der Waals surface area contributed by atoms with Crippen molar-refractivity contribution < 1.29 is 0 Å². The first kappa shape index (κ1) is 12.2. The number of aromatic amines is 1. The van der Waals surface area contributed by atoms with Gasteiger partial charge in [-0.15, -0.1) is 0 Å². The molecule has 19 heavy (non-hydrogen) atoms. The molecular weight excluding hydrogens is 238 g/mol. The van der Waals surface area contributed by atoms with Gasteiger partial charge >= 0.3 is 5.69 Å². The van der Waals surface area contributed by atoms with Crippen LogP contribution in [0.5, 0.6) is 0 Å². The van der Waals surface area contributed by atoms with Gasteiger partial charge in [0, 0.05) is 31.5 Å². The topological polar surface area (TPSA) is 41.0 Å². The predicted octanol–water partition coefficient (Wildman–Crippen LogP) is 2.01. The van der Waals surface area contributed by atoms with E-state index < -0.39 is 0 Å². The maximum Gasteiger partial charge on any atom is 0.325 e. The number of H-pyrrole nitrogens is 1. The molecular formula is C15H19N3O. The molecule has 0 bridgehead atoms. The second kappa shape index (κ2) is 5.45. The summed E-state index contributed by atoms with van der Waals surface area (Å²) < 4.78 is 1.74. The zero-order chi connectivity index (χ0) is 13.1. The van der Waals surface area contributed by atoms with Crippen molar-refractivity contribution in [2.75, 3.05) is 13.1 Å². The average Bonchev–Trinajstić information content (AvgIpc) is 3.06. The Morgan fingerprint density at radius 1 is 1.21 bits per heavy atom. The Hall–Kier alpha value is -1.81. The molecule has 3 rings (SSSR count). The van der Waals surface area contributed by atoms with E-state index in [4.69, 9.17) is 0 Å². The number of hydrogen-bond donors (Lipinski definition) is 1. The lowest BCUT2D eigenvalue weighted by atomic mass is 10.0. The molecule has 4 nitrogen and oxygen atoms in total. The zero-order valence-corrected chi connectivity index (χ0v) is 11.0. The first-order valence-corrected chi connectivity index (χ1v) is 6.87. The molecule has 1 aliphatic heterocycles. The molecule has 0 amide bonds. The van der Waals surface area contributed by atoms with Gasteiger partial charge in [0.1, 0.15) is 0 Å². The maximum atomic E-state index is 11.5. The third kappa shape index (κ3) is 2.63. The third-order valence-electron chi connectivity index (χ3n) is 3.90. The number of nitrogens with one attached hydrogen (secondary N) is 1. The standard InChI is InChI=1S/C15H19N3O/c19-15-16-8-10-18(15)12-11-17-9-4-7-14(17)13-5-2-1-3-6-13/h1-3,5-6,8,10,14H,4,7,9,11-12H2,(H,16,19)/t14-/m0/s1. The lowest BCUT2D eigenvalue weighted by molar-refractivity contribution is 0.246.